The van der Waals surface area contributed by atoms with E-state index < -0.39 is 18.0 Å². The first-order valence-electron chi connectivity index (χ1n) is 7.03. The second-order valence-electron chi connectivity index (χ2n) is 5.06. The predicted molar refractivity (Wildman–Crippen MR) is 94.0 cm³/mol. The lowest BCUT2D eigenvalue weighted by Gasteiger charge is -2.10. The fourth-order valence-electron chi connectivity index (χ4n) is 2.23. The molecule has 1 heterocycles. The van der Waals surface area contributed by atoms with Crippen molar-refractivity contribution in [2.24, 2.45) is 10.7 Å². The van der Waals surface area contributed by atoms with Gasteiger partial charge in [0, 0.05) is 12.6 Å². The van der Waals surface area contributed by atoms with Crippen LogP contribution < -0.4 is 20.5 Å². The van der Waals surface area contributed by atoms with E-state index in [0.29, 0.717) is 0 Å². The molecule has 0 radical (unpaired) electrons. The Morgan fingerprint density at radius 3 is 2.58 bits per heavy atom. The zero-order valence-electron chi connectivity index (χ0n) is 13.3. The van der Waals surface area contributed by atoms with E-state index in [0.717, 1.165) is 6.07 Å². The third-order valence-corrected chi connectivity index (χ3v) is 3.43. The van der Waals surface area contributed by atoms with Gasteiger partial charge in [-0.05, 0) is 30.3 Å². The number of nitrogens with zero attached hydrogens (tertiary/aromatic N) is 1. The van der Waals surface area contributed by atoms with Crippen LogP contribution >= 0.6 is 17.0 Å². The smallest absolute Gasteiger partial charge is 0.395 e. The first-order chi connectivity index (χ1) is 11.8. The maximum atomic E-state index is 14.4. The molecule has 138 valence electrons. The number of hydrogen-bond donors (Lipinski definition) is 2. The number of nitrogens with one attached hydrogen (secondary N) is 1. The first-order valence-corrected chi connectivity index (χ1v) is 7.03. The van der Waals surface area contributed by atoms with Gasteiger partial charge in [-0.15, -0.1) is 25.8 Å². The van der Waals surface area contributed by atoms with E-state index in [1.54, 1.807) is 0 Å². The summed E-state index contributed by atoms with van der Waals surface area (Å²) in [4.78, 5) is 15.9. The first kappa shape index (κ1) is 19.6. The van der Waals surface area contributed by atoms with Gasteiger partial charge in [0.25, 0.3) is 5.91 Å². The molecule has 2 aromatic rings. The van der Waals surface area contributed by atoms with Crippen molar-refractivity contribution in [2.45, 2.75) is 6.29 Å². The molecule has 0 saturated carbocycles. The van der Waals surface area contributed by atoms with Gasteiger partial charge in [-0.1, -0.05) is 6.07 Å². The fourth-order valence-corrected chi connectivity index (χ4v) is 2.23. The molecule has 1 amide bonds. The summed E-state index contributed by atoms with van der Waals surface area (Å²) in [6.07, 6.45) is -3.78. The number of anilines is 1. The number of nitrogens with two attached hydrogens (primary N) is 1. The Hall–Kier alpha value is -2.75. The highest BCUT2D eigenvalue weighted by Crippen LogP contribution is 2.41. The molecule has 0 fully saturated rings. The van der Waals surface area contributed by atoms with Crippen molar-refractivity contribution in [2.75, 3.05) is 12.4 Å². The van der Waals surface area contributed by atoms with Crippen molar-refractivity contribution in [3.05, 3.63) is 53.3 Å². The van der Waals surface area contributed by atoms with Crippen LogP contribution in [0, 0.1) is 5.82 Å². The van der Waals surface area contributed by atoms with Crippen LogP contribution in [0.15, 0.2) is 41.4 Å². The maximum absolute atomic E-state index is 14.4. The number of fused-ring (bicyclic) bond motifs is 1. The lowest BCUT2D eigenvalue weighted by Crippen LogP contribution is -2.25. The van der Waals surface area contributed by atoms with Crippen molar-refractivity contribution in [3.8, 4) is 11.5 Å². The Labute approximate surface area is 156 Å². The van der Waals surface area contributed by atoms with Gasteiger partial charge in [0.15, 0.2) is 17.3 Å². The summed E-state index contributed by atoms with van der Waals surface area (Å²) in [5, 5.41) is 2.35. The number of rotatable bonds is 3. The fraction of sp³-hybridized carbons (Fsp3) is 0.125. The molecule has 0 atom stereocenters. The Kier molecular flexibility index (Phi) is 5.45. The number of ether oxygens (including phenoxy) is 2. The Bertz CT molecular complexity index is 890. The molecular formula is C16H13BrF3N3O3. The number of amidine groups is 1. The van der Waals surface area contributed by atoms with Crippen molar-refractivity contribution >= 4 is 34.4 Å². The minimum Gasteiger partial charge on any atom is -0.395 e. The Balaban J connectivity index is 0.00000243. The highest BCUT2D eigenvalue weighted by Gasteiger charge is 2.43. The van der Waals surface area contributed by atoms with Gasteiger partial charge >= 0.3 is 6.29 Å². The third kappa shape index (κ3) is 3.74. The van der Waals surface area contributed by atoms with Crippen LogP contribution in [0.3, 0.4) is 0 Å². The summed E-state index contributed by atoms with van der Waals surface area (Å²) >= 11 is 0. The summed E-state index contributed by atoms with van der Waals surface area (Å²) < 4.78 is 48.9. The van der Waals surface area contributed by atoms with Crippen LogP contribution in [-0.2, 0) is 0 Å². The number of carbonyl (C=O) groups is 1. The van der Waals surface area contributed by atoms with Crippen LogP contribution in [0.2, 0.25) is 0 Å². The van der Waals surface area contributed by atoms with Gasteiger partial charge < -0.3 is 20.5 Å². The molecule has 0 saturated heterocycles. The van der Waals surface area contributed by atoms with Crippen LogP contribution in [0.5, 0.6) is 11.5 Å². The summed E-state index contributed by atoms with van der Waals surface area (Å²) in [7, 11) is 1.41. The zero-order chi connectivity index (χ0) is 18.2. The van der Waals surface area contributed by atoms with E-state index in [4.69, 9.17) is 5.73 Å². The van der Waals surface area contributed by atoms with Gasteiger partial charge in [-0.3, -0.25) is 9.79 Å². The van der Waals surface area contributed by atoms with E-state index in [2.05, 4.69) is 19.8 Å². The van der Waals surface area contributed by atoms with E-state index in [-0.39, 0.29) is 51.1 Å². The van der Waals surface area contributed by atoms with Crippen molar-refractivity contribution in [1.29, 1.82) is 0 Å². The summed E-state index contributed by atoms with van der Waals surface area (Å²) in [5.74, 6) is -1.98. The van der Waals surface area contributed by atoms with Gasteiger partial charge in [0.2, 0.25) is 0 Å². The van der Waals surface area contributed by atoms with Crippen molar-refractivity contribution in [1.82, 2.24) is 0 Å². The van der Waals surface area contributed by atoms with Crippen molar-refractivity contribution < 1.29 is 27.4 Å². The number of halogens is 4. The third-order valence-electron chi connectivity index (χ3n) is 3.43. The number of amides is 1. The zero-order valence-corrected chi connectivity index (χ0v) is 15.0. The number of hydrogen-bond acceptors (Lipinski definition) is 4. The number of carbonyl (C=O) groups excluding carboxylic acids is 1. The SMILES string of the molecule is Br.CN=C(N)c1cccc(NC(=O)c2ccc3c(c2)OC(F)(F)O3)c1F. The molecular weight excluding hydrogens is 419 g/mol. The summed E-state index contributed by atoms with van der Waals surface area (Å²) in [5.41, 5.74) is 5.48. The highest BCUT2D eigenvalue weighted by atomic mass is 79.9. The molecule has 2 aromatic carbocycles. The van der Waals surface area contributed by atoms with E-state index in [1.807, 2.05) is 0 Å². The molecule has 0 unspecified atom stereocenters. The molecule has 0 aromatic heterocycles. The second-order valence-corrected chi connectivity index (χ2v) is 5.06. The molecule has 0 bridgehead atoms. The second kappa shape index (κ2) is 7.24. The molecule has 3 N–H and O–H groups in total. The molecule has 6 nitrogen and oxygen atoms in total. The Morgan fingerprint density at radius 1 is 1.19 bits per heavy atom. The minimum absolute atomic E-state index is 0. The molecule has 0 spiro atoms. The van der Waals surface area contributed by atoms with Gasteiger partial charge in [-0.25, -0.2) is 4.39 Å². The number of aliphatic imine (C=N–C) groups is 1. The highest BCUT2D eigenvalue weighted by molar-refractivity contribution is 8.93. The molecule has 1 aliphatic rings. The molecule has 10 heteroatoms. The van der Waals surface area contributed by atoms with E-state index in [1.165, 1.54) is 37.4 Å². The van der Waals surface area contributed by atoms with Gasteiger partial charge in [0.1, 0.15) is 5.84 Å². The van der Waals surface area contributed by atoms with E-state index >= 15 is 0 Å². The number of benzene rings is 2. The summed E-state index contributed by atoms with van der Waals surface area (Å²) in [6.45, 7) is 0. The lowest BCUT2D eigenvalue weighted by molar-refractivity contribution is -0.286. The maximum Gasteiger partial charge on any atom is 0.586 e. The normalized spacial score (nSPS) is 14.5. The average Bonchev–Trinajstić information content (AvgIpc) is 2.88. The molecule has 3 rings (SSSR count). The standard InChI is InChI=1S/C16H12F3N3O3.BrH/c1-21-14(20)9-3-2-4-10(13(9)17)22-15(23)8-5-6-11-12(7-8)25-16(18,19)24-11;/h2-7H,1H3,(H2,20,21)(H,22,23);1H. The van der Waals surface area contributed by atoms with Gasteiger partial charge in [0.05, 0.1) is 11.3 Å². The minimum atomic E-state index is -3.78. The van der Waals surface area contributed by atoms with Gasteiger partial charge in [-0.2, -0.15) is 0 Å². The largest absolute Gasteiger partial charge is 0.586 e. The molecule has 0 aliphatic carbocycles. The van der Waals surface area contributed by atoms with E-state index in [9.17, 15) is 18.0 Å². The summed E-state index contributed by atoms with van der Waals surface area (Å²) in [6, 6.07) is 7.74. The van der Waals surface area contributed by atoms with Crippen LogP contribution in [-0.4, -0.2) is 25.1 Å². The van der Waals surface area contributed by atoms with Crippen LogP contribution in [0.4, 0.5) is 18.9 Å². The Morgan fingerprint density at radius 2 is 1.88 bits per heavy atom. The molecule has 26 heavy (non-hydrogen) atoms. The monoisotopic (exact) mass is 431 g/mol. The molecule has 1 aliphatic heterocycles. The van der Waals surface area contributed by atoms with Crippen LogP contribution in [0.1, 0.15) is 15.9 Å². The lowest BCUT2D eigenvalue weighted by atomic mass is 10.1. The number of alkyl halides is 2. The topological polar surface area (TPSA) is 85.9 Å². The van der Waals surface area contributed by atoms with Crippen LogP contribution in [0.25, 0.3) is 0 Å². The quantitative estimate of drug-likeness (QED) is 0.576. The average molecular weight is 432 g/mol. The predicted octanol–water partition coefficient (Wildman–Crippen LogP) is 3.31. The van der Waals surface area contributed by atoms with Crippen molar-refractivity contribution in [3.63, 3.8) is 0 Å².